The molecule has 0 radical (unpaired) electrons. The summed E-state index contributed by atoms with van der Waals surface area (Å²) in [5, 5.41) is 3.55. The number of anilines is 1. The minimum absolute atomic E-state index is 0.00965. The fraction of sp³-hybridized carbons (Fsp3) is 0.333. The molecule has 4 nitrogen and oxygen atoms in total. The lowest BCUT2D eigenvalue weighted by Gasteiger charge is -2.32. The first-order valence-electron chi connectivity index (χ1n) is 8.87. The first-order chi connectivity index (χ1) is 12.4. The van der Waals surface area contributed by atoms with Crippen molar-refractivity contribution < 1.29 is 9.59 Å². The molecule has 0 aliphatic carbocycles. The van der Waals surface area contributed by atoms with Crippen LogP contribution in [0.4, 0.5) is 5.69 Å². The predicted molar refractivity (Wildman–Crippen MR) is 105 cm³/mol. The summed E-state index contributed by atoms with van der Waals surface area (Å²) in [5.74, 6) is -0.283. The van der Waals surface area contributed by atoms with E-state index >= 15 is 0 Å². The van der Waals surface area contributed by atoms with Crippen LogP contribution in [-0.2, 0) is 4.79 Å². The number of carbonyl (C=O) groups is 2. The Labute approximate surface area is 159 Å². The number of aryl methyl sites for hydroxylation is 2. The molecule has 0 bridgehead atoms. The van der Waals surface area contributed by atoms with Crippen molar-refractivity contribution in [2.45, 2.75) is 26.7 Å². The molecule has 0 unspecified atom stereocenters. The third-order valence-corrected chi connectivity index (χ3v) is 5.19. The maximum Gasteiger partial charge on any atom is 0.253 e. The number of carbonyl (C=O) groups excluding carboxylic acids is 2. The average Bonchev–Trinajstić information content (AvgIpc) is 2.64. The molecule has 0 aromatic heterocycles. The highest BCUT2D eigenvalue weighted by molar-refractivity contribution is 6.31. The molecule has 1 fully saturated rings. The van der Waals surface area contributed by atoms with Crippen LogP contribution in [0.5, 0.6) is 0 Å². The molecule has 1 aliphatic heterocycles. The van der Waals surface area contributed by atoms with Crippen LogP contribution in [0.15, 0.2) is 42.5 Å². The largest absolute Gasteiger partial charge is 0.338 e. The van der Waals surface area contributed by atoms with Crippen LogP contribution >= 0.6 is 11.6 Å². The molecule has 2 aromatic rings. The van der Waals surface area contributed by atoms with E-state index in [1.54, 1.807) is 11.0 Å². The van der Waals surface area contributed by atoms with E-state index < -0.39 is 0 Å². The summed E-state index contributed by atoms with van der Waals surface area (Å²) < 4.78 is 0. The monoisotopic (exact) mass is 370 g/mol. The summed E-state index contributed by atoms with van der Waals surface area (Å²) >= 11 is 6.12. The lowest BCUT2D eigenvalue weighted by molar-refractivity contribution is -0.121. The number of amides is 2. The van der Waals surface area contributed by atoms with E-state index in [2.05, 4.69) is 5.32 Å². The lowest BCUT2D eigenvalue weighted by atomic mass is 9.96. The molecule has 1 atom stereocenters. The highest BCUT2D eigenvalue weighted by Gasteiger charge is 2.29. The Bertz CT molecular complexity index is 835. The zero-order valence-corrected chi connectivity index (χ0v) is 15.8. The molecule has 136 valence electrons. The number of nitrogens with zero attached hydrogens (tertiary/aromatic N) is 1. The van der Waals surface area contributed by atoms with Gasteiger partial charge < -0.3 is 10.2 Å². The van der Waals surface area contributed by atoms with Crippen molar-refractivity contribution in [2.24, 2.45) is 5.92 Å². The molecule has 0 spiro atoms. The van der Waals surface area contributed by atoms with Gasteiger partial charge in [-0.15, -0.1) is 0 Å². The van der Waals surface area contributed by atoms with Gasteiger partial charge >= 0.3 is 0 Å². The number of halogens is 1. The highest BCUT2D eigenvalue weighted by atomic mass is 35.5. The van der Waals surface area contributed by atoms with Gasteiger partial charge in [-0.25, -0.2) is 0 Å². The summed E-state index contributed by atoms with van der Waals surface area (Å²) in [5.41, 5.74) is 3.39. The van der Waals surface area contributed by atoms with Crippen LogP contribution in [0.25, 0.3) is 0 Å². The first-order valence-corrected chi connectivity index (χ1v) is 9.25. The van der Waals surface area contributed by atoms with E-state index in [-0.39, 0.29) is 17.7 Å². The third-order valence-electron chi connectivity index (χ3n) is 4.78. The van der Waals surface area contributed by atoms with Crippen LogP contribution in [0.1, 0.15) is 34.3 Å². The van der Waals surface area contributed by atoms with E-state index in [4.69, 9.17) is 11.6 Å². The van der Waals surface area contributed by atoms with E-state index in [1.807, 2.05) is 50.2 Å². The van der Waals surface area contributed by atoms with Crippen molar-refractivity contribution in [3.8, 4) is 0 Å². The van der Waals surface area contributed by atoms with Crippen LogP contribution in [0.3, 0.4) is 0 Å². The summed E-state index contributed by atoms with van der Waals surface area (Å²) in [7, 11) is 0. The minimum atomic E-state index is -0.211. The lowest BCUT2D eigenvalue weighted by Crippen LogP contribution is -2.43. The number of likely N-dealkylation sites (tertiary alicyclic amines) is 1. The Morgan fingerprint density at radius 3 is 2.69 bits per heavy atom. The molecular formula is C21H23ClN2O2. The van der Waals surface area contributed by atoms with Crippen molar-refractivity contribution in [1.82, 2.24) is 4.90 Å². The van der Waals surface area contributed by atoms with Gasteiger partial charge in [-0.3, -0.25) is 9.59 Å². The summed E-state index contributed by atoms with van der Waals surface area (Å²) in [6, 6.07) is 13.1. The second-order valence-electron chi connectivity index (χ2n) is 6.91. The zero-order chi connectivity index (χ0) is 18.7. The molecular weight excluding hydrogens is 348 g/mol. The van der Waals surface area contributed by atoms with E-state index in [9.17, 15) is 9.59 Å². The van der Waals surface area contributed by atoms with Crippen molar-refractivity contribution in [3.63, 3.8) is 0 Å². The maximum atomic E-state index is 12.7. The molecule has 0 saturated carbocycles. The molecule has 3 rings (SSSR count). The molecule has 1 aliphatic rings. The minimum Gasteiger partial charge on any atom is -0.338 e. The number of hydrogen-bond donors (Lipinski definition) is 1. The Balaban J connectivity index is 1.66. The van der Waals surface area contributed by atoms with Gasteiger partial charge in [0.05, 0.1) is 5.92 Å². The molecule has 1 saturated heterocycles. The second-order valence-corrected chi connectivity index (χ2v) is 7.32. The van der Waals surface area contributed by atoms with Gasteiger partial charge in [-0.1, -0.05) is 35.4 Å². The van der Waals surface area contributed by atoms with Crippen molar-refractivity contribution in [3.05, 3.63) is 64.2 Å². The van der Waals surface area contributed by atoms with E-state index in [1.165, 1.54) is 0 Å². The predicted octanol–water partition coefficient (Wildman–Crippen LogP) is 4.45. The fourth-order valence-electron chi connectivity index (χ4n) is 3.25. The van der Waals surface area contributed by atoms with Crippen LogP contribution < -0.4 is 5.32 Å². The van der Waals surface area contributed by atoms with Crippen molar-refractivity contribution >= 4 is 29.1 Å². The summed E-state index contributed by atoms with van der Waals surface area (Å²) in [4.78, 5) is 27.2. The molecule has 2 aromatic carbocycles. The number of rotatable bonds is 3. The Kier molecular flexibility index (Phi) is 5.62. The zero-order valence-electron chi connectivity index (χ0n) is 15.1. The number of hydrogen-bond acceptors (Lipinski definition) is 2. The summed E-state index contributed by atoms with van der Waals surface area (Å²) in [6.45, 7) is 5.02. The quantitative estimate of drug-likeness (QED) is 0.867. The normalized spacial score (nSPS) is 17.0. The van der Waals surface area contributed by atoms with Crippen molar-refractivity contribution in [1.29, 1.82) is 0 Å². The van der Waals surface area contributed by atoms with Gasteiger partial charge in [0.1, 0.15) is 0 Å². The Morgan fingerprint density at radius 1 is 1.15 bits per heavy atom. The number of nitrogens with one attached hydrogen (secondary N) is 1. The molecule has 2 amide bonds. The van der Waals surface area contributed by atoms with Gasteiger partial charge in [0.2, 0.25) is 5.91 Å². The van der Waals surface area contributed by atoms with Crippen LogP contribution in [0.2, 0.25) is 5.02 Å². The topological polar surface area (TPSA) is 49.4 Å². The molecule has 26 heavy (non-hydrogen) atoms. The van der Waals surface area contributed by atoms with Gasteiger partial charge in [0.15, 0.2) is 0 Å². The standard InChI is InChI=1S/C21H23ClN2O2/c1-14-5-3-6-16(11-14)21(26)24-10-4-7-17(13-24)20(25)23-18-9-8-15(2)19(22)12-18/h3,5-6,8-9,11-12,17H,4,7,10,13H2,1-2H3,(H,23,25)/t17-/m0/s1. The average molecular weight is 371 g/mol. The fourth-order valence-corrected chi connectivity index (χ4v) is 3.43. The van der Waals surface area contributed by atoms with Gasteiger partial charge in [-0.05, 0) is 56.5 Å². The van der Waals surface area contributed by atoms with Crippen LogP contribution in [-0.4, -0.2) is 29.8 Å². The maximum absolute atomic E-state index is 12.7. The molecule has 1 heterocycles. The Morgan fingerprint density at radius 2 is 1.96 bits per heavy atom. The number of piperidine rings is 1. The van der Waals surface area contributed by atoms with Gasteiger partial charge in [0, 0.05) is 29.4 Å². The van der Waals surface area contributed by atoms with Gasteiger partial charge in [0.25, 0.3) is 5.91 Å². The first kappa shape index (κ1) is 18.5. The molecule has 1 N–H and O–H groups in total. The van der Waals surface area contributed by atoms with Crippen LogP contribution in [0, 0.1) is 19.8 Å². The smallest absolute Gasteiger partial charge is 0.253 e. The van der Waals surface area contributed by atoms with E-state index in [0.29, 0.717) is 29.4 Å². The van der Waals surface area contributed by atoms with Crippen molar-refractivity contribution in [2.75, 3.05) is 18.4 Å². The van der Waals surface area contributed by atoms with E-state index in [0.717, 1.165) is 24.0 Å². The highest BCUT2D eigenvalue weighted by Crippen LogP contribution is 2.23. The number of benzene rings is 2. The third kappa shape index (κ3) is 4.25. The SMILES string of the molecule is Cc1cccc(C(=O)N2CCC[C@H](C(=O)Nc3ccc(C)c(Cl)c3)C2)c1. The Hall–Kier alpha value is -2.33. The summed E-state index contributed by atoms with van der Waals surface area (Å²) in [6.07, 6.45) is 1.60. The van der Waals surface area contributed by atoms with Gasteiger partial charge in [-0.2, -0.15) is 0 Å². The molecule has 5 heteroatoms. The second kappa shape index (κ2) is 7.92.